The number of nitrogens with one attached hydrogen (secondary N) is 1. The van der Waals surface area contributed by atoms with Crippen molar-refractivity contribution in [3.63, 3.8) is 0 Å². The number of fused-ring (bicyclic) bond motifs is 1. The van der Waals surface area contributed by atoms with Gasteiger partial charge in [-0.2, -0.15) is 5.26 Å². The number of H-pyrrole nitrogens is 1. The monoisotopic (exact) mass is 439 g/mol. The molecule has 7 nitrogen and oxygen atoms in total. The van der Waals surface area contributed by atoms with Crippen molar-refractivity contribution in [2.75, 3.05) is 7.11 Å². The molecule has 0 saturated heterocycles. The van der Waals surface area contributed by atoms with Crippen LogP contribution >= 0.6 is 0 Å². The van der Waals surface area contributed by atoms with Gasteiger partial charge in [-0.3, -0.25) is 0 Å². The van der Waals surface area contributed by atoms with Crippen LogP contribution in [0.5, 0.6) is 11.5 Å². The molecule has 0 unspecified atom stereocenters. The number of rotatable bonds is 7. The Labute approximate surface area is 190 Å². The maximum absolute atomic E-state index is 11.2. The second-order valence-electron chi connectivity index (χ2n) is 7.45. The minimum atomic E-state index is -1.00. The largest absolute Gasteiger partial charge is 0.493 e. The molecule has 3 aromatic carbocycles. The fourth-order valence-electron chi connectivity index (χ4n) is 3.47. The van der Waals surface area contributed by atoms with Gasteiger partial charge in [0.25, 0.3) is 0 Å². The number of carbonyl (C=O) groups is 1. The highest BCUT2D eigenvalue weighted by molar-refractivity contribution is 5.91. The number of hydrogen-bond acceptors (Lipinski definition) is 5. The summed E-state index contributed by atoms with van der Waals surface area (Å²) in [6.07, 6.45) is 1.69. The van der Waals surface area contributed by atoms with E-state index in [9.17, 15) is 15.2 Å². The van der Waals surface area contributed by atoms with Crippen molar-refractivity contribution in [1.29, 1.82) is 5.26 Å². The van der Waals surface area contributed by atoms with E-state index in [0.29, 0.717) is 34.0 Å². The van der Waals surface area contributed by atoms with Crippen LogP contribution in [0.3, 0.4) is 0 Å². The van der Waals surface area contributed by atoms with Crippen molar-refractivity contribution < 1.29 is 19.4 Å². The molecule has 33 heavy (non-hydrogen) atoms. The molecule has 1 heterocycles. The number of allylic oxidation sites excluding steroid dienone is 1. The lowest BCUT2D eigenvalue weighted by molar-refractivity contribution is 0.0696. The molecule has 164 valence electrons. The minimum absolute atomic E-state index is 0.133. The lowest BCUT2D eigenvalue weighted by Crippen LogP contribution is -2.02. The van der Waals surface area contributed by atoms with Crippen LogP contribution in [-0.4, -0.2) is 28.2 Å². The summed E-state index contributed by atoms with van der Waals surface area (Å²) in [4.78, 5) is 19.0. The van der Waals surface area contributed by atoms with Crippen LogP contribution < -0.4 is 9.47 Å². The fraction of sp³-hybridized carbons (Fsp3) is 0.115. The van der Waals surface area contributed by atoms with Crippen molar-refractivity contribution in [1.82, 2.24) is 9.97 Å². The molecule has 2 N–H and O–H groups in total. The summed E-state index contributed by atoms with van der Waals surface area (Å²) in [6.45, 7) is 2.13. The molecule has 1 aromatic heterocycles. The van der Waals surface area contributed by atoms with Crippen molar-refractivity contribution in [2.45, 2.75) is 13.5 Å². The predicted molar refractivity (Wildman–Crippen MR) is 125 cm³/mol. The molecule has 0 amide bonds. The summed E-state index contributed by atoms with van der Waals surface area (Å²) in [5.74, 6) is 0.398. The number of carboxylic acid groups (broad SMARTS) is 1. The van der Waals surface area contributed by atoms with E-state index in [1.807, 2.05) is 31.2 Å². The minimum Gasteiger partial charge on any atom is -0.493 e. The zero-order valence-corrected chi connectivity index (χ0v) is 18.1. The van der Waals surface area contributed by atoms with Gasteiger partial charge in [0.05, 0.1) is 29.3 Å². The summed E-state index contributed by atoms with van der Waals surface area (Å²) < 4.78 is 11.5. The number of aromatic amines is 1. The number of ether oxygens (including phenoxy) is 2. The number of aromatic carboxylic acids is 1. The molecule has 0 atom stereocenters. The Morgan fingerprint density at radius 1 is 1.18 bits per heavy atom. The number of carboxylic acids is 1. The highest BCUT2D eigenvalue weighted by atomic mass is 16.5. The van der Waals surface area contributed by atoms with Crippen LogP contribution in [0.4, 0.5) is 0 Å². The molecule has 7 heteroatoms. The number of para-hydroxylation sites is 1. The number of methoxy groups -OCH3 is 1. The number of aryl methyl sites for hydroxylation is 1. The van der Waals surface area contributed by atoms with Gasteiger partial charge >= 0.3 is 5.97 Å². The normalized spacial score (nSPS) is 11.2. The zero-order chi connectivity index (χ0) is 23.4. The van der Waals surface area contributed by atoms with E-state index in [2.05, 4.69) is 16.0 Å². The van der Waals surface area contributed by atoms with Gasteiger partial charge in [0.15, 0.2) is 11.5 Å². The molecule has 0 aliphatic rings. The van der Waals surface area contributed by atoms with E-state index in [1.165, 1.54) is 13.2 Å². The number of benzene rings is 3. The van der Waals surface area contributed by atoms with Crippen LogP contribution in [0.1, 0.15) is 32.9 Å². The average molecular weight is 439 g/mol. The van der Waals surface area contributed by atoms with Crippen LogP contribution in [0.15, 0.2) is 60.7 Å². The molecule has 0 bridgehead atoms. The summed E-state index contributed by atoms with van der Waals surface area (Å²) >= 11 is 0. The maximum Gasteiger partial charge on any atom is 0.335 e. The number of aromatic nitrogens is 2. The molecule has 4 aromatic rings. The maximum atomic E-state index is 11.2. The van der Waals surface area contributed by atoms with Crippen molar-refractivity contribution in [3.05, 3.63) is 88.7 Å². The SMILES string of the molecule is COc1cccc(C=C(C#N)c2nc3ccc(C)cc3[nH]2)c1OCc1cccc(C(=O)O)c1. The second-order valence-corrected chi connectivity index (χ2v) is 7.45. The third-order valence-corrected chi connectivity index (χ3v) is 5.10. The van der Waals surface area contributed by atoms with E-state index in [4.69, 9.17) is 9.47 Å². The molecule has 0 aliphatic carbocycles. The number of nitriles is 1. The van der Waals surface area contributed by atoms with E-state index < -0.39 is 5.97 Å². The van der Waals surface area contributed by atoms with Crippen molar-refractivity contribution in [3.8, 4) is 17.6 Å². The molecule has 0 aliphatic heterocycles. The zero-order valence-electron chi connectivity index (χ0n) is 18.1. The Balaban J connectivity index is 1.69. The molecule has 0 radical (unpaired) electrons. The second kappa shape index (κ2) is 9.28. The summed E-state index contributed by atoms with van der Waals surface area (Å²) in [6, 6.07) is 20.0. The Kier molecular flexibility index (Phi) is 6.09. The standard InChI is InChI=1S/C26H21N3O4/c1-16-9-10-21-22(11-16)29-25(28-21)20(14-27)13-18-6-4-8-23(32-2)24(18)33-15-17-5-3-7-19(12-17)26(30)31/h3-13H,15H2,1-2H3,(H,28,29)(H,30,31). The number of imidazole rings is 1. The fourth-order valence-corrected chi connectivity index (χ4v) is 3.47. The van der Waals surface area contributed by atoms with Gasteiger partial charge in [0.1, 0.15) is 18.5 Å². The van der Waals surface area contributed by atoms with Gasteiger partial charge in [0.2, 0.25) is 0 Å². The van der Waals surface area contributed by atoms with E-state index in [-0.39, 0.29) is 12.2 Å². The highest BCUT2D eigenvalue weighted by Crippen LogP contribution is 2.34. The Morgan fingerprint density at radius 3 is 2.76 bits per heavy atom. The first kappa shape index (κ1) is 21.7. The van der Waals surface area contributed by atoms with Gasteiger partial charge in [-0.25, -0.2) is 9.78 Å². The predicted octanol–water partition coefficient (Wildman–Crippen LogP) is 5.22. The first-order valence-corrected chi connectivity index (χ1v) is 10.2. The van der Waals surface area contributed by atoms with E-state index in [1.54, 1.807) is 36.4 Å². The lowest BCUT2D eigenvalue weighted by Gasteiger charge is -2.14. The molecule has 0 saturated carbocycles. The Bertz CT molecular complexity index is 1410. The number of hydrogen-bond donors (Lipinski definition) is 2. The third-order valence-electron chi connectivity index (χ3n) is 5.10. The summed E-state index contributed by atoms with van der Waals surface area (Å²) in [7, 11) is 1.54. The summed E-state index contributed by atoms with van der Waals surface area (Å²) in [5, 5.41) is 19.0. The van der Waals surface area contributed by atoms with Crippen LogP contribution in [0, 0.1) is 18.3 Å². The average Bonchev–Trinajstić information content (AvgIpc) is 3.24. The topological polar surface area (TPSA) is 108 Å². The lowest BCUT2D eigenvalue weighted by atomic mass is 10.1. The van der Waals surface area contributed by atoms with Gasteiger partial charge in [0, 0.05) is 5.56 Å². The third kappa shape index (κ3) is 4.70. The van der Waals surface area contributed by atoms with Crippen LogP contribution in [0.25, 0.3) is 22.7 Å². The van der Waals surface area contributed by atoms with Crippen molar-refractivity contribution >= 4 is 28.7 Å². The first-order chi connectivity index (χ1) is 16.0. The Hall–Kier alpha value is -4.57. The molecule has 0 spiro atoms. The molecular formula is C26H21N3O4. The van der Waals surface area contributed by atoms with Gasteiger partial charge in [-0.1, -0.05) is 30.3 Å². The van der Waals surface area contributed by atoms with Crippen LogP contribution in [0.2, 0.25) is 0 Å². The van der Waals surface area contributed by atoms with Gasteiger partial charge < -0.3 is 19.6 Å². The molecule has 4 rings (SSSR count). The summed E-state index contributed by atoms with van der Waals surface area (Å²) in [5.41, 5.74) is 4.58. The van der Waals surface area contributed by atoms with E-state index >= 15 is 0 Å². The molecule has 0 fully saturated rings. The molecular weight excluding hydrogens is 418 g/mol. The van der Waals surface area contributed by atoms with E-state index in [0.717, 1.165) is 16.6 Å². The van der Waals surface area contributed by atoms with Gasteiger partial charge in [-0.05, 0) is 54.5 Å². The smallest absolute Gasteiger partial charge is 0.335 e. The Morgan fingerprint density at radius 2 is 2.00 bits per heavy atom. The highest BCUT2D eigenvalue weighted by Gasteiger charge is 2.14. The van der Waals surface area contributed by atoms with Gasteiger partial charge in [-0.15, -0.1) is 0 Å². The quantitative estimate of drug-likeness (QED) is 0.382. The van der Waals surface area contributed by atoms with Crippen molar-refractivity contribution in [2.24, 2.45) is 0 Å². The first-order valence-electron chi connectivity index (χ1n) is 10.2. The van der Waals surface area contributed by atoms with Crippen LogP contribution in [-0.2, 0) is 6.61 Å². The number of nitrogens with zero attached hydrogens (tertiary/aromatic N) is 2.